The molecule has 2 N–H and O–H groups in total. The Kier molecular flexibility index (Phi) is 6.48. The highest BCUT2D eigenvalue weighted by molar-refractivity contribution is 7.90. The average molecular weight is 546 g/mol. The number of benzene rings is 3. The van der Waals surface area contributed by atoms with Crippen LogP contribution < -0.4 is 0 Å². The zero-order valence-electron chi connectivity index (χ0n) is 21.0. The number of alkyl halides is 3. The van der Waals surface area contributed by atoms with Crippen LogP contribution in [0.25, 0.3) is 10.9 Å². The van der Waals surface area contributed by atoms with Gasteiger partial charge in [0.15, 0.2) is 0 Å². The Hall–Kier alpha value is -3.63. The van der Waals surface area contributed by atoms with Crippen LogP contribution in [-0.4, -0.2) is 28.6 Å². The molecule has 4 aromatic rings. The molecule has 0 amide bonds. The molecule has 0 fully saturated rings. The van der Waals surface area contributed by atoms with Gasteiger partial charge in [-0.1, -0.05) is 45.0 Å². The number of aromatic nitrogens is 1. The molecule has 4 rings (SSSR count). The van der Waals surface area contributed by atoms with Gasteiger partial charge in [0.05, 0.1) is 27.2 Å². The van der Waals surface area contributed by atoms with Gasteiger partial charge in [0, 0.05) is 5.39 Å². The highest BCUT2D eigenvalue weighted by Crippen LogP contribution is 2.39. The van der Waals surface area contributed by atoms with Gasteiger partial charge in [0.25, 0.3) is 10.0 Å². The minimum atomic E-state index is -4.66. The molecule has 3 aromatic carbocycles. The summed E-state index contributed by atoms with van der Waals surface area (Å²) in [7, 11) is -4.42. The minimum absolute atomic E-state index is 0.0344. The molecule has 0 aliphatic heterocycles. The van der Waals surface area contributed by atoms with Crippen molar-refractivity contribution in [2.75, 3.05) is 0 Å². The van der Waals surface area contributed by atoms with Crippen LogP contribution in [0.2, 0.25) is 0 Å². The molecule has 1 heterocycles. The Morgan fingerprint density at radius 2 is 1.42 bits per heavy atom. The molecule has 1 aromatic heterocycles. The van der Waals surface area contributed by atoms with Crippen LogP contribution in [0.4, 0.5) is 13.2 Å². The van der Waals surface area contributed by atoms with Gasteiger partial charge >= 0.3 is 12.1 Å². The molecule has 0 bridgehead atoms. The Morgan fingerprint density at radius 3 is 1.97 bits per heavy atom. The summed E-state index contributed by atoms with van der Waals surface area (Å²) < 4.78 is 69.4. The second kappa shape index (κ2) is 8.99. The van der Waals surface area contributed by atoms with Crippen LogP contribution in [-0.2, 0) is 27.2 Å². The van der Waals surface area contributed by atoms with Crippen LogP contribution in [0.3, 0.4) is 0 Å². The first-order valence-electron chi connectivity index (χ1n) is 11.6. The van der Waals surface area contributed by atoms with E-state index >= 15 is 0 Å². The molecule has 200 valence electrons. The number of hydrogen-bond acceptors (Lipinski definition) is 4. The molecule has 38 heavy (non-hydrogen) atoms. The van der Waals surface area contributed by atoms with Crippen LogP contribution in [0.15, 0.2) is 77.7 Å². The third-order valence-corrected chi connectivity index (χ3v) is 8.24. The van der Waals surface area contributed by atoms with Gasteiger partial charge in [0.1, 0.15) is 5.60 Å². The monoisotopic (exact) mass is 545 g/mol. The first kappa shape index (κ1) is 27.4. The quantitative estimate of drug-likeness (QED) is 0.314. The number of halogens is 3. The lowest BCUT2D eigenvalue weighted by Crippen LogP contribution is -2.29. The number of fused-ring (bicyclic) bond motifs is 1. The van der Waals surface area contributed by atoms with Crippen molar-refractivity contribution >= 4 is 26.9 Å². The maximum atomic E-state index is 14.1. The van der Waals surface area contributed by atoms with E-state index in [4.69, 9.17) is 0 Å². The van der Waals surface area contributed by atoms with Crippen molar-refractivity contribution in [1.82, 2.24) is 3.97 Å². The number of carboxylic acids is 1. The first-order chi connectivity index (χ1) is 17.4. The number of rotatable bonds is 5. The van der Waals surface area contributed by atoms with Gasteiger partial charge in [-0.05, 0) is 72.0 Å². The summed E-state index contributed by atoms with van der Waals surface area (Å²) in [6, 6.07) is 15.3. The van der Waals surface area contributed by atoms with E-state index in [9.17, 15) is 36.6 Å². The summed E-state index contributed by atoms with van der Waals surface area (Å²) in [6.45, 7) is 7.05. The number of aromatic carboxylic acids is 1. The van der Waals surface area contributed by atoms with E-state index in [1.807, 2.05) is 20.8 Å². The molecule has 0 saturated carbocycles. The maximum Gasteiger partial charge on any atom is 0.416 e. The number of carboxylic acid groups (broad SMARTS) is 1. The zero-order chi connectivity index (χ0) is 28.3. The number of aliphatic hydroxyl groups is 1. The first-order valence-corrected chi connectivity index (χ1v) is 13.0. The molecule has 1 unspecified atom stereocenters. The van der Waals surface area contributed by atoms with E-state index in [0.29, 0.717) is 0 Å². The number of nitrogens with zero attached hydrogens (tertiary/aromatic N) is 1. The largest absolute Gasteiger partial charge is 0.478 e. The molecule has 1 atom stereocenters. The van der Waals surface area contributed by atoms with Crippen molar-refractivity contribution in [1.29, 1.82) is 0 Å². The molecule has 0 aliphatic rings. The SMILES string of the molecule is CC(C)(C)c1cccc(S(=O)(=O)n2c(C(C)(O)c3ccc(C(=O)O)cc3)cc3cc(C(F)(F)F)ccc32)c1. The van der Waals surface area contributed by atoms with Gasteiger partial charge in [0.2, 0.25) is 0 Å². The highest BCUT2D eigenvalue weighted by atomic mass is 32.2. The van der Waals surface area contributed by atoms with Crippen molar-refractivity contribution in [3.05, 3.63) is 101 Å². The number of hydrogen-bond donors (Lipinski definition) is 2. The highest BCUT2D eigenvalue weighted by Gasteiger charge is 2.37. The molecular weight excluding hydrogens is 519 g/mol. The van der Waals surface area contributed by atoms with E-state index in [1.54, 1.807) is 12.1 Å². The fraction of sp³-hybridized carbons (Fsp3) is 0.250. The van der Waals surface area contributed by atoms with E-state index in [0.717, 1.165) is 27.7 Å². The standard InChI is InChI=1S/C28H26F3NO5S/c1-26(2,3)20-6-5-7-22(16-20)38(36,37)32-23-13-12-21(28(29,30)31)14-18(23)15-24(32)27(4,35)19-10-8-17(9-11-19)25(33)34/h5-16,35H,1-4H3,(H,33,34). The summed E-state index contributed by atoms with van der Waals surface area (Å²) in [4.78, 5) is 11.2. The Morgan fingerprint density at radius 1 is 0.816 bits per heavy atom. The Balaban J connectivity index is 2.02. The van der Waals surface area contributed by atoms with Crippen molar-refractivity contribution in [3.63, 3.8) is 0 Å². The van der Waals surface area contributed by atoms with Crippen molar-refractivity contribution in [2.45, 2.75) is 49.8 Å². The second-order valence-electron chi connectivity index (χ2n) is 10.3. The summed E-state index contributed by atoms with van der Waals surface area (Å²) in [6.07, 6.45) is -4.66. The average Bonchev–Trinajstić information content (AvgIpc) is 3.24. The third-order valence-electron chi connectivity index (χ3n) is 6.52. The summed E-state index contributed by atoms with van der Waals surface area (Å²) >= 11 is 0. The summed E-state index contributed by atoms with van der Waals surface area (Å²) in [5, 5.41) is 20.8. The van der Waals surface area contributed by atoms with Gasteiger partial charge in [-0.3, -0.25) is 0 Å². The maximum absolute atomic E-state index is 14.1. The van der Waals surface area contributed by atoms with Crippen molar-refractivity contribution in [3.8, 4) is 0 Å². The second-order valence-corrected chi connectivity index (χ2v) is 12.1. The smallest absolute Gasteiger partial charge is 0.416 e. The van der Waals surface area contributed by atoms with E-state index < -0.39 is 33.3 Å². The van der Waals surface area contributed by atoms with Crippen LogP contribution >= 0.6 is 0 Å². The van der Waals surface area contributed by atoms with Gasteiger partial charge in [-0.25, -0.2) is 17.2 Å². The molecule has 0 saturated heterocycles. The predicted octanol–water partition coefficient (Wildman–Crippen LogP) is 6.15. The zero-order valence-corrected chi connectivity index (χ0v) is 21.9. The molecule has 0 radical (unpaired) electrons. The van der Waals surface area contributed by atoms with Crippen LogP contribution in [0.5, 0.6) is 0 Å². The molecule has 0 aliphatic carbocycles. The fourth-order valence-corrected chi connectivity index (χ4v) is 5.93. The summed E-state index contributed by atoms with van der Waals surface area (Å²) in [5.74, 6) is -1.19. The molecule has 10 heteroatoms. The van der Waals surface area contributed by atoms with Crippen molar-refractivity contribution in [2.24, 2.45) is 0 Å². The van der Waals surface area contributed by atoms with Gasteiger partial charge in [-0.2, -0.15) is 13.2 Å². The van der Waals surface area contributed by atoms with E-state index in [-0.39, 0.29) is 38.0 Å². The van der Waals surface area contributed by atoms with Gasteiger partial charge < -0.3 is 10.2 Å². The van der Waals surface area contributed by atoms with Crippen LogP contribution in [0, 0.1) is 0 Å². The van der Waals surface area contributed by atoms with Crippen molar-refractivity contribution < 1.29 is 36.6 Å². The lowest BCUT2D eigenvalue weighted by molar-refractivity contribution is -0.137. The third kappa shape index (κ3) is 4.81. The molecule has 0 spiro atoms. The van der Waals surface area contributed by atoms with Crippen LogP contribution in [0.1, 0.15) is 60.4 Å². The van der Waals surface area contributed by atoms with Gasteiger partial charge in [-0.15, -0.1) is 0 Å². The predicted molar refractivity (Wildman–Crippen MR) is 137 cm³/mol. The number of carbonyl (C=O) groups is 1. The minimum Gasteiger partial charge on any atom is -0.478 e. The molecule has 6 nitrogen and oxygen atoms in total. The Bertz CT molecular complexity index is 1640. The normalized spacial score (nSPS) is 14.4. The Labute approximate surface area is 218 Å². The van der Waals surface area contributed by atoms with E-state index in [1.165, 1.54) is 49.4 Å². The van der Waals surface area contributed by atoms with E-state index in [2.05, 4.69) is 0 Å². The lowest BCUT2D eigenvalue weighted by Gasteiger charge is -2.26. The lowest BCUT2D eigenvalue weighted by atomic mass is 9.87. The topological polar surface area (TPSA) is 96.6 Å². The molecular formula is C28H26F3NO5S. The summed E-state index contributed by atoms with van der Waals surface area (Å²) in [5.41, 5.74) is -2.78. The fourth-order valence-electron chi connectivity index (χ4n) is 4.28.